The van der Waals surface area contributed by atoms with Crippen LogP contribution in [-0.2, 0) is 19.6 Å². The Labute approximate surface area is 137 Å². The lowest BCUT2D eigenvalue weighted by atomic mass is 10.3. The zero-order valence-electron chi connectivity index (χ0n) is 12.9. The number of methoxy groups -OCH3 is 1. The van der Waals surface area contributed by atoms with Gasteiger partial charge in [0.15, 0.2) is 6.10 Å². The summed E-state index contributed by atoms with van der Waals surface area (Å²) < 4.78 is 45.9. The summed E-state index contributed by atoms with van der Waals surface area (Å²) in [6.07, 6.45) is 1.48. The zero-order valence-corrected chi connectivity index (χ0v) is 13.7. The molecule has 130 valence electrons. The molecule has 0 radical (unpaired) electrons. The van der Waals surface area contributed by atoms with E-state index in [1.54, 1.807) is 19.3 Å². The maximum absolute atomic E-state index is 14.2. The van der Waals surface area contributed by atoms with E-state index < -0.39 is 34.5 Å². The lowest BCUT2D eigenvalue weighted by molar-refractivity contribution is -0.149. The molecule has 0 saturated heterocycles. The fourth-order valence-corrected chi connectivity index (χ4v) is 2.93. The highest BCUT2D eigenvalue weighted by atomic mass is 32.2. The van der Waals surface area contributed by atoms with E-state index in [9.17, 15) is 22.7 Å². The second kappa shape index (κ2) is 7.07. The number of carbonyl (C=O) groups excluding carboxylic acids is 1. The quantitative estimate of drug-likeness (QED) is 0.711. The van der Waals surface area contributed by atoms with Gasteiger partial charge in [0.1, 0.15) is 11.5 Å². The Kier molecular flexibility index (Phi) is 5.32. The molecule has 1 atom stereocenters. The number of aryl methyl sites for hydroxylation is 1. The van der Waals surface area contributed by atoms with E-state index in [2.05, 4.69) is 9.84 Å². The van der Waals surface area contributed by atoms with Crippen LogP contribution in [0.1, 0.15) is 5.56 Å². The minimum Gasteiger partial charge on any atom is -0.467 e. The van der Waals surface area contributed by atoms with Crippen molar-refractivity contribution in [3.05, 3.63) is 42.0 Å². The van der Waals surface area contributed by atoms with Gasteiger partial charge in [-0.15, -0.1) is 0 Å². The number of aliphatic hydroxyl groups excluding tert-OH is 1. The Balaban J connectivity index is 2.19. The third-order valence-corrected chi connectivity index (χ3v) is 4.55. The molecule has 0 bridgehead atoms. The van der Waals surface area contributed by atoms with Crippen molar-refractivity contribution in [1.29, 1.82) is 0 Å². The first-order valence-electron chi connectivity index (χ1n) is 6.81. The molecule has 0 fully saturated rings. The van der Waals surface area contributed by atoms with Gasteiger partial charge in [-0.2, -0.15) is 5.10 Å². The SMILES string of the molecule is COC(=O)[C@@H](O)CNS(=O)(=O)c1ccc(-n2cc(C)cn2)c(F)c1. The van der Waals surface area contributed by atoms with Crippen molar-refractivity contribution in [2.75, 3.05) is 13.7 Å². The van der Waals surface area contributed by atoms with Gasteiger partial charge >= 0.3 is 5.97 Å². The number of rotatable bonds is 6. The van der Waals surface area contributed by atoms with Crippen LogP contribution in [0.4, 0.5) is 4.39 Å². The summed E-state index contributed by atoms with van der Waals surface area (Å²) in [7, 11) is -3.04. The Bertz CT molecular complexity index is 850. The van der Waals surface area contributed by atoms with Crippen LogP contribution in [0.15, 0.2) is 35.5 Å². The van der Waals surface area contributed by atoms with Crippen molar-refractivity contribution in [2.24, 2.45) is 0 Å². The summed E-state index contributed by atoms with van der Waals surface area (Å²) in [4.78, 5) is 10.7. The van der Waals surface area contributed by atoms with Gasteiger partial charge < -0.3 is 9.84 Å². The molecule has 0 spiro atoms. The van der Waals surface area contributed by atoms with Crippen molar-refractivity contribution in [3.8, 4) is 5.69 Å². The first-order valence-corrected chi connectivity index (χ1v) is 8.29. The van der Waals surface area contributed by atoms with Gasteiger partial charge in [-0.3, -0.25) is 0 Å². The maximum atomic E-state index is 14.2. The number of esters is 1. The predicted molar refractivity (Wildman–Crippen MR) is 81.5 cm³/mol. The fourth-order valence-electron chi connectivity index (χ4n) is 1.88. The summed E-state index contributed by atoms with van der Waals surface area (Å²) in [5.41, 5.74) is 0.918. The number of carbonyl (C=O) groups is 1. The van der Waals surface area contributed by atoms with Gasteiger partial charge in [0, 0.05) is 12.7 Å². The number of benzene rings is 1. The normalized spacial score (nSPS) is 12.8. The number of nitrogens with one attached hydrogen (secondary N) is 1. The maximum Gasteiger partial charge on any atom is 0.336 e. The number of ether oxygens (including phenoxy) is 1. The lowest BCUT2D eigenvalue weighted by Crippen LogP contribution is -2.37. The monoisotopic (exact) mass is 357 g/mol. The average Bonchev–Trinajstić information content (AvgIpc) is 2.97. The van der Waals surface area contributed by atoms with Crippen LogP contribution >= 0.6 is 0 Å². The minimum atomic E-state index is -4.10. The molecule has 0 aliphatic heterocycles. The third kappa shape index (κ3) is 3.96. The molecular weight excluding hydrogens is 341 g/mol. The molecule has 10 heteroatoms. The predicted octanol–water partition coefficient (Wildman–Crippen LogP) is 0.132. The van der Waals surface area contributed by atoms with E-state index in [-0.39, 0.29) is 10.6 Å². The van der Waals surface area contributed by atoms with Crippen molar-refractivity contribution in [2.45, 2.75) is 17.9 Å². The van der Waals surface area contributed by atoms with E-state index in [4.69, 9.17) is 0 Å². The molecule has 0 saturated carbocycles. The van der Waals surface area contributed by atoms with Crippen LogP contribution in [0.25, 0.3) is 5.69 Å². The summed E-state index contributed by atoms with van der Waals surface area (Å²) in [5, 5.41) is 13.3. The topological polar surface area (TPSA) is 111 Å². The Morgan fingerprint density at radius 1 is 1.50 bits per heavy atom. The van der Waals surface area contributed by atoms with Crippen LogP contribution < -0.4 is 4.72 Å². The van der Waals surface area contributed by atoms with Crippen molar-refractivity contribution < 1.29 is 27.4 Å². The molecule has 0 aliphatic rings. The standard InChI is InChI=1S/C14H16FN3O5S/c1-9-6-16-18(8-9)12-4-3-10(5-11(12)15)24(21,22)17-7-13(19)14(20)23-2/h3-6,8,13,17,19H,7H2,1-2H3/t13-/m0/s1. The van der Waals surface area contributed by atoms with Crippen LogP contribution in [0.2, 0.25) is 0 Å². The summed E-state index contributed by atoms with van der Waals surface area (Å²) in [6.45, 7) is 1.20. The summed E-state index contributed by atoms with van der Waals surface area (Å²) in [6, 6.07) is 3.30. The fraction of sp³-hybridized carbons (Fsp3) is 0.286. The van der Waals surface area contributed by atoms with Crippen LogP contribution in [-0.4, -0.2) is 49.0 Å². The molecule has 1 aromatic heterocycles. The van der Waals surface area contributed by atoms with Crippen molar-refractivity contribution in [1.82, 2.24) is 14.5 Å². The first kappa shape index (κ1) is 18.0. The first-order chi connectivity index (χ1) is 11.2. The van der Waals surface area contributed by atoms with Gasteiger partial charge in [-0.05, 0) is 30.7 Å². The smallest absolute Gasteiger partial charge is 0.336 e. The third-order valence-electron chi connectivity index (χ3n) is 3.13. The number of nitrogens with zero attached hydrogens (tertiary/aromatic N) is 2. The van der Waals surface area contributed by atoms with E-state index in [0.29, 0.717) is 0 Å². The van der Waals surface area contributed by atoms with Gasteiger partial charge in [0.2, 0.25) is 10.0 Å². The number of sulfonamides is 1. The number of aromatic nitrogens is 2. The Morgan fingerprint density at radius 2 is 2.21 bits per heavy atom. The zero-order chi connectivity index (χ0) is 17.9. The number of hydrogen-bond donors (Lipinski definition) is 2. The number of aliphatic hydroxyl groups is 1. The van der Waals surface area contributed by atoms with Gasteiger partial charge in [-0.1, -0.05) is 0 Å². The highest BCUT2D eigenvalue weighted by Crippen LogP contribution is 2.18. The number of hydrogen-bond acceptors (Lipinski definition) is 6. The van der Waals surface area contributed by atoms with Gasteiger partial charge in [0.25, 0.3) is 0 Å². The summed E-state index contributed by atoms with van der Waals surface area (Å²) >= 11 is 0. The molecule has 0 unspecified atom stereocenters. The van der Waals surface area contributed by atoms with E-state index in [1.165, 1.54) is 16.8 Å². The Hall–Kier alpha value is -2.30. The summed E-state index contributed by atoms with van der Waals surface area (Å²) in [5.74, 6) is -1.76. The van der Waals surface area contributed by atoms with E-state index >= 15 is 0 Å². The second-order valence-corrected chi connectivity index (χ2v) is 6.73. The van der Waals surface area contributed by atoms with Gasteiger partial charge in [-0.25, -0.2) is 27.0 Å². The molecule has 0 amide bonds. The molecular formula is C14H16FN3O5S. The van der Waals surface area contributed by atoms with Crippen LogP contribution in [0, 0.1) is 12.7 Å². The molecule has 0 aliphatic carbocycles. The van der Waals surface area contributed by atoms with Crippen molar-refractivity contribution in [3.63, 3.8) is 0 Å². The van der Waals surface area contributed by atoms with Gasteiger partial charge in [0.05, 0.1) is 18.2 Å². The molecule has 2 N–H and O–H groups in total. The molecule has 1 heterocycles. The second-order valence-electron chi connectivity index (χ2n) is 4.97. The van der Waals surface area contributed by atoms with E-state index in [0.717, 1.165) is 18.7 Å². The lowest BCUT2D eigenvalue weighted by Gasteiger charge is -2.11. The molecule has 2 aromatic rings. The average molecular weight is 357 g/mol. The highest BCUT2D eigenvalue weighted by Gasteiger charge is 2.21. The molecule has 8 nitrogen and oxygen atoms in total. The van der Waals surface area contributed by atoms with Crippen molar-refractivity contribution >= 4 is 16.0 Å². The molecule has 1 aromatic carbocycles. The van der Waals surface area contributed by atoms with Crippen LogP contribution in [0.3, 0.4) is 0 Å². The van der Waals surface area contributed by atoms with E-state index in [1.807, 2.05) is 4.72 Å². The largest absolute Gasteiger partial charge is 0.467 e. The molecule has 2 rings (SSSR count). The highest BCUT2D eigenvalue weighted by molar-refractivity contribution is 7.89. The Morgan fingerprint density at radius 3 is 2.75 bits per heavy atom. The molecule has 24 heavy (non-hydrogen) atoms. The van der Waals surface area contributed by atoms with Crippen LogP contribution in [0.5, 0.6) is 0 Å². The number of halogens is 1. The minimum absolute atomic E-state index is 0.0941.